The second kappa shape index (κ2) is 5.10. The Kier molecular flexibility index (Phi) is 3.53. The molecule has 0 amide bonds. The zero-order valence-electron chi connectivity index (χ0n) is 9.73. The molecule has 0 aliphatic carbocycles. The first-order valence-corrected chi connectivity index (χ1v) is 5.40. The Morgan fingerprint density at radius 1 is 1.22 bits per heavy atom. The van der Waals surface area contributed by atoms with Crippen molar-refractivity contribution in [3.05, 3.63) is 53.9 Å². The van der Waals surface area contributed by atoms with Gasteiger partial charge in [-0.1, -0.05) is 0 Å². The average molecular weight is 250 g/mol. The van der Waals surface area contributed by atoms with Gasteiger partial charge in [0.25, 0.3) is 0 Å². The molecule has 1 aromatic carbocycles. The summed E-state index contributed by atoms with van der Waals surface area (Å²) >= 11 is 0. The van der Waals surface area contributed by atoms with Crippen LogP contribution in [-0.4, -0.2) is 4.98 Å². The van der Waals surface area contributed by atoms with Gasteiger partial charge in [0.1, 0.15) is 11.6 Å². The van der Waals surface area contributed by atoms with Gasteiger partial charge < -0.3 is 10.5 Å². The Labute approximate surface area is 103 Å². The lowest BCUT2D eigenvalue weighted by molar-refractivity contribution is 0.435. The Hall–Kier alpha value is -2.01. The van der Waals surface area contributed by atoms with E-state index >= 15 is 0 Å². The predicted molar refractivity (Wildman–Crippen MR) is 63.3 cm³/mol. The number of nitrogens with two attached hydrogens (primary N) is 1. The largest absolute Gasteiger partial charge is 0.453 e. The molecule has 0 spiro atoms. The Bertz CT molecular complexity index is 541. The quantitative estimate of drug-likeness (QED) is 0.910. The third kappa shape index (κ3) is 2.81. The highest BCUT2D eigenvalue weighted by Crippen LogP contribution is 2.24. The summed E-state index contributed by atoms with van der Waals surface area (Å²) in [6.07, 6.45) is 1.45. The van der Waals surface area contributed by atoms with Crippen molar-refractivity contribution in [1.82, 2.24) is 4.98 Å². The standard InChI is InChI=1S/C13H12F2N2O/c1-8(16)12-4-3-10(7-17-12)18-13-5-2-9(14)6-11(13)15/h2-8H,16H2,1H3/t8-/m1/s1. The van der Waals surface area contributed by atoms with Crippen LogP contribution >= 0.6 is 0 Å². The summed E-state index contributed by atoms with van der Waals surface area (Å²) < 4.78 is 31.3. The van der Waals surface area contributed by atoms with Crippen LogP contribution < -0.4 is 10.5 Å². The number of aromatic nitrogens is 1. The van der Waals surface area contributed by atoms with E-state index in [2.05, 4.69) is 4.98 Å². The molecule has 1 heterocycles. The van der Waals surface area contributed by atoms with Crippen molar-refractivity contribution >= 4 is 0 Å². The molecular formula is C13H12F2N2O. The molecule has 2 N–H and O–H groups in total. The van der Waals surface area contributed by atoms with E-state index in [-0.39, 0.29) is 11.8 Å². The van der Waals surface area contributed by atoms with E-state index in [0.717, 1.165) is 12.1 Å². The number of hydrogen-bond donors (Lipinski definition) is 1. The van der Waals surface area contributed by atoms with Gasteiger partial charge in [0.2, 0.25) is 0 Å². The molecule has 18 heavy (non-hydrogen) atoms. The number of rotatable bonds is 3. The highest BCUT2D eigenvalue weighted by atomic mass is 19.1. The van der Waals surface area contributed by atoms with Crippen molar-refractivity contribution in [3.8, 4) is 11.5 Å². The van der Waals surface area contributed by atoms with Gasteiger partial charge in [0.15, 0.2) is 11.6 Å². The minimum atomic E-state index is -0.758. The molecule has 1 atom stereocenters. The minimum Gasteiger partial charge on any atom is -0.453 e. The third-order valence-corrected chi connectivity index (χ3v) is 2.35. The van der Waals surface area contributed by atoms with Crippen LogP contribution in [0.5, 0.6) is 11.5 Å². The van der Waals surface area contributed by atoms with E-state index in [4.69, 9.17) is 10.5 Å². The Morgan fingerprint density at radius 3 is 2.56 bits per heavy atom. The van der Waals surface area contributed by atoms with Crippen LogP contribution in [0.4, 0.5) is 8.78 Å². The number of benzene rings is 1. The summed E-state index contributed by atoms with van der Waals surface area (Å²) in [5.74, 6) is -1.09. The lowest BCUT2D eigenvalue weighted by Gasteiger charge is -2.08. The second-order valence-corrected chi connectivity index (χ2v) is 3.88. The van der Waals surface area contributed by atoms with Crippen molar-refractivity contribution < 1.29 is 13.5 Å². The Balaban J connectivity index is 2.18. The van der Waals surface area contributed by atoms with Crippen LogP contribution in [0.3, 0.4) is 0 Å². The van der Waals surface area contributed by atoms with Gasteiger partial charge in [0, 0.05) is 12.1 Å². The fourth-order valence-electron chi connectivity index (χ4n) is 1.41. The van der Waals surface area contributed by atoms with Crippen LogP contribution in [-0.2, 0) is 0 Å². The van der Waals surface area contributed by atoms with Gasteiger partial charge in [0.05, 0.1) is 11.9 Å². The number of pyridine rings is 1. The van der Waals surface area contributed by atoms with E-state index in [1.54, 1.807) is 12.1 Å². The van der Waals surface area contributed by atoms with E-state index in [9.17, 15) is 8.78 Å². The Morgan fingerprint density at radius 2 is 2.00 bits per heavy atom. The van der Waals surface area contributed by atoms with Crippen LogP contribution in [0.15, 0.2) is 36.5 Å². The molecule has 2 aromatic rings. The normalized spacial score (nSPS) is 12.2. The number of halogens is 2. The van der Waals surface area contributed by atoms with Crippen LogP contribution in [0.2, 0.25) is 0 Å². The summed E-state index contributed by atoms with van der Waals surface area (Å²) in [5.41, 5.74) is 6.36. The van der Waals surface area contributed by atoms with Gasteiger partial charge in [-0.2, -0.15) is 0 Å². The zero-order valence-corrected chi connectivity index (χ0v) is 9.73. The van der Waals surface area contributed by atoms with Gasteiger partial charge in [-0.15, -0.1) is 0 Å². The maximum absolute atomic E-state index is 13.3. The summed E-state index contributed by atoms with van der Waals surface area (Å²) in [4.78, 5) is 4.08. The molecule has 0 saturated carbocycles. The first-order chi connectivity index (χ1) is 8.56. The van der Waals surface area contributed by atoms with Gasteiger partial charge in [-0.25, -0.2) is 8.78 Å². The molecule has 3 nitrogen and oxygen atoms in total. The summed E-state index contributed by atoms with van der Waals surface area (Å²) in [7, 11) is 0. The third-order valence-electron chi connectivity index (χ3n) is 2.35. The lowest BCUT2D eigenvalue weighted by atomic mass is 10.2. The van der Waals surface area contributed by atoms with Crippen LogP contribution in [0.25, 0.3) is 0 Å². The second-order valence-electron chi connectivity index (χ2n) is 3.88. The van der Waals surface area contributed by atoms with E-state index in [1.165, 1.54) is 12.3 Å². The van der Waals surface area contributed by atoms with Crippen molar-refractivity contribution in [1.29, 1.82) is 0 Å². The molecule has 0 radical (unpaired) electrons. The van der Waals surface area contributed by atoms with Crippen molar-refractivity contribution in [3.63, 3.8) is 0 Å². The molecule has 5 heteroatoms. The van der Waals surface area contributed by atoms with Gasteiger partial charge in [-0.3, -0.25) is 4.98 Å². The highest BCUT2D eigenvalue weighted by molar-refractivity contribution is 5.31. The van der Waals surface area contributed by atoms with Crippen LogP contribution in [0.1, 0.15) is 18.7 Å². The molecule has 0 fully saturated rings. The molecule has 1 aromatic heterocycles. The van der Waals surface area contributed by atoms with E-state index < -0.39 is 11.6 Å². The fraction of sp³-hybridized carbons (Fsp3) is 0.154. The maximum Gasteiger partial charge on any atom is 0.168 e. The first kappa shape index (κ1) is 12.4. The van der Waals surface area contributed by atoms with Gasteiger partial charge in [-0.05, 0) is 31.2 Å². The smallest absolute Gasteiger partial charge is 0.168 e. The number of ether oxygens (including phenoxy) is 1. The molecule has 0 aliphatic rings. The molecular weight excluding hydrogens is 238 g/mol. The number of hydrogen-bond acceptors (Lipinski definition) is 3. The van der Waals surface area contributed by atoms with Crippen molar-refractivity contribution in [2.45, 2.75) is 13.0 Å². The summed E-state index contributed by atoms with van der Waals surface area (Å²) in [6, 6.07) is 6.27. The van der Waals surface area contributed by atoms with E-state index in [1.807, 2.05) is 6.92 Å². The monoisotopic (exact) mass is 250 g/mol. The molecule has 0 saturated heterocycles. The lowest BCUT2D eigenvalue weighted by Crippen LogP contribution is -2.06. The maximum atomic E-state index is 13.3. The zero-order chi connectivity index (χ0) is 13.1. The predicted octanol–water partition coefficient (Wildman–Crippen LogP) is 3.17. The van der Waals surface area contributed by atoms with Crippen LogP contribution in [0, 0.1) is 11.6 Å². The summed E-state index contributed by atoms with van der Waals surface area (Å²) in [5, 5.41) is 0. The molecule has 2 rings (SSSR count). The fourth-order valence-corrected chi connectivity index (χ4v) is 1.41. The molecule has 0 aliphatic heterocycles. The topological polar surface area (TPSA) is 48.1 Å². The van der Waals surface area contributed by atoms with E-state index in [0.29, 0.717) is 11.4 Å². The minimum absolute atomic E-state index is 0.0493. The average Bonchev–Trinajstić information content (AvgIpc) is 2.33. The molecule has 0 bridgehead atoms. The summed E-state index contributed by atoms with van der Waals surface area (Å²) in [6.45, 7) is 1.81. The van der Waals surface area contributed by atoms with Crippen molar-refractivity contribution in [2.24, 2.45) is 5.73 Å². The SMILES string of the molecule is C[C@@H](N)c1ccc(Oc2ccc(F)cc2F)cn1. The first-order valence-electron chi connectivity index (χ1n) is 5.40. The highest BCUT2D eigenvalue weighted by Gasteiger charge is 2.07. The molecule has 94 valence electrons. The molecule has 0 unspecified atom stereocenters. The van der Waals surface area contributed by atoms with Crippen molar-refractivity contribution in [2.75, 3.05) is 0 Å². The number of nitrogens with zero attached hydrogens (tertiary/aromatic N) is 1. The van der Waals surface area contributed by atoms with Gasteiger partial charge >= 0.3 is 0 Å².